The van der Waals surface area contributed by atoms with Crippen LogP contribution >= 0.6 is 11.6 Å². The van der Waals surface area contributed by atoms with E-state index in [2.05, 4.69) is 6.58 Å². The van der Waals surface area contributed by atoms with Crippen molar-refractivity contribution >= 4 is 11.6 Å². The Morgan fingerprint density at radius 3 is 3.00 bits per heavy atom. The molecule has 0 saturated heterocycles. The summed E-state index contributed by atoms with van der Waals surface area (Å²) >= 11 is 5.74. The Hall–Kier alpha value is -1.46. The molecule has 0 aliphatic carbocycles. The lowest BCUT2D eigenvalue weighted by atomic mass is 10.2. The molecule has 0 saturated carbocycles. The third-order valence-electron chi connectivity index (χ3n) is 1.42. The van der Waals surface area contributed by atoms with E-state index in [1.54, 1.807) is 24.3 Å². The molecule has 0 atom stereocenters. The predicted molar refractivity (Wildman–Crippen MR) is 51.9 cm³/mol. The molecule has 66 valence electrons. The molecule has 0 heterocycles. The van der Waals surface area contributed by atoms with Gasteiger partial charge in [-0.1, -0.05) is 24.3 Å². The molecule has 0 fully saturated rings. The maximum absolute atomic E-state index is 8.71. The van der Waals surface area contributed by atoms with Gasteiger partial charge in [-0.3, -0.25) is 0 Å². The van der Waals surface area contributed by atoms with Crippen molar-refractivity contribution in [3.05, 3.63) is 41.4 Å². The lowest BCUT2D eigenvalue weighted by Crippen LogP contribution is -1.95. The molecule has 0 N–H and O–H groups in total. The fourth-order valence-electron chi connectivity index (χ4n) is 0.857. The Morgan fingerprint density at radius 2 is 2.38 bits per heavy atom. The van der Waals surface area contributed by atoms with E-state index in [1.165, 1.54) is 0 Å². The van der Waals surface area contributed by atoms with Gasteiger partial charge in [-0.15, -0.1) is 0 Å². The van der Waals surface area contributed by atoms with E-state index in [0.29, 0.717) is 22.9 Å². The van der Waals surface area contributed by atoms with Crippen molar-refractivity contribution in [3.63, 3.8) is 0 Å². The topological polar surface area (TPSA) is 33.0 Å². The molecular formula is C10H8ClNO. The van der Waals surface area contributed by atoms with Crippen LogP contribution in [0.15, 0.2) is 30.9 Å². The van der Waals surface area contributed by atoms with Crippen LogP contribution < -0.4 is 4.74 Å². The lowest BCUT2D eigenvalue weighted by molar-refractivity contribution is 0.362. The van der Waals surface area contributed by atoms with Gasteiger partial charge in [0.05, 0.1) is 5.56 Å². The first-order valence-electron chi connectivity index (χ1n) is 3.71. The minimum Gasteiger partial charge on any atom is -0.488 e. The average molecular weight is 194 g/mol. The fourth-order valence-corrected chi connectivity index (χ4v) is 1.02. The summed E-state index contributed by atoms with van der Waals surface area (Å²) in [6, 6.07) is 6.91. The van der Waals surface area contributed by atoms with Gasteiger partial charge in [-0.2, -0.15) is 5.26 Å². The van der Waals surface area contributed by atoms with Crippen molar-refractivity contribution in [1.29, 1.82) is 5.26 Å². The molecule has 1 aromatic carbocycles. The van der Waals surface area contributed by atoms with Crippen LogP contribution in [-0.2, 0) is 0 Å². The van der Waals surface area contributed by atoms with Crippen molar-refractivity contribution in [2.45, 2.75) is 0 Å². The Kier molecular flexibility index (Phi) is 3.36. The summed E-state index contributed by atoms with van der Waals surface area (Å²) < 4.78 is 5.23. The van der Waals surface area contributed by atoms with Crippen molar-refractivity contribution in [2.24, 2.45) is 0 Å². The highest BCUT2D eigenvalue weighted by Crippen LogP contribution is 2.22. The first-order chi connectivity index (χ1) is 6.27. The standard InChI is InChI=1S/C10H8ClNO/c1-2-5-13-10-6-9(11)4-3-8(10)7-12/h2-4,6H,1,5H2. The van der Waals surface area contributed by atoms with Crippen molar-refractivity contribution in [3.8, 4) is 11.8 Å². The second-order valence-electron chi connectivity index (χ2n) is 2.35. The van der Waals surface area contributed by atoms with Crippen molar-refractivity contribution in [2.75, 3.05) is 6.61 Å². The molecule has 0 bridgehead atoms. The van der Waals surface area contributed by atoms with Gasteiger partial charge in [0, 0.05) is 11.1 Å². The summed E-state index contributed by atoms with van der Waals surface area (Å²) in [5, 5.41) is 9.26. The summed E-state index contributed by atoms with van der Waals surface area (Å²) in [5.41, 5.74) is 0.478. The molecule has 3 heteroatoms. The molecule has 1 rings (SSSR count). The molecule has 2 nitrogen and oxygen atoms in total. The third-order valence-corrected chi connectivity index (χ3v) is 1.66. The molecular weight excluding hydrogens is 186 g/mol. The number of ether oxygens (including phenoxy) is 1. The number of hydrogen-bond donors (Lipinski definition) is 0. The first kappa shape index (κ1) is 9.63. The van der Waals surface area contributed by atoms with Gasteiger partial charge in [-0.25, -0.2) is 0 Å². The Bertz CT molecular complexity index is 354. The molecule has 0 aliphatic heterocycles. The summed E-state index contributed by atoms with van der Waals surface area (Å²) in [6.07, 6.45) is 1.61. The Labute approximate surface area is 82.0 Å². The quantitative estimate of drug-likeness (QED) is 0.692. The molecule has 0 radical (unpaired) electrons. The minimum absolute atomic E-state index is 0.370. The Balaban J connectivity index is 2.95. The normalized spacial score (nSPS) is 8.92. The van der Waals surface area contributed by atoms with Crippen LogP contribution in [0.3, 0.4) is 0 Å². The number of nitriles is 1. The zero-order valence-electron chi connectivity index (χ0n) is 6.96. The zero-order valence-corrected chi connectivity index (χ0v) is 7.71. The second-order valence-corrected chi connectivity index (χ2v) is 2.79. The molecule has 0 aromatic heterocycles. The predicted octanol–water partition coefficient (Wildman–Crippen LogP) is 2.78. The van der Waals surface area contributed by atoms with E-state index in [-0.39, 0.29) is 0 Å². The van der Waals surface area contributed by atoms with Crippen molar-refractivity contribution < 1.29 is 4.74 Å². The zero-order chi connectivity index (χ0) is 9.68. The summed E-state index contributed by atoms with van der Waals surface area (Å²) in [5.74, 6) is 0.495. The van der Waals surface area contributed by atoms with Gasteiger partial charge in [0.25, 0.3) is 0 Å². The van der Waals surface area contributed by atoms with Gasteiger partial charge in [0.2, 0.25) is 0 Å². The second kappa shape index (κ2) is 4.54. The fraction of sp³-hybridized carbons (Fsp3) is 0.100. The smallest absolute Gasteiger partial charge is 0.139 e. The monoisotopic (exact) mass is 193 g/mol. The number of nitrogens with zero attached hydrogens (tertiary/aromatic N) is 1. The van der Waals surface area contributed by atoms with Gasteiger partial charge in [-0.05, 0) is 12.1 Å². The number of halogens is 1. The summed E-state index contributed by atoms with van der Waals surface area (Å²) in [6.45, 7) is 3.88. The van der Waals surface area contributed by atoms with Gasteiger partial charge >= 0.3 is 0 Å². The van der Waals surface area contributed by atoms with Gasteiger partial charge < -0.3 is 4.74 Å². The van der Waals surface area contributed by atoms with Crippen LogP contribution in [0.25, 0.3) is 0 Å². The highest BCUT2D eigenvalue weighted by atomic mass is 35.5. The Morgan fingerprint density at radius 1 is 1.62 bits per heavy atom. The van der Waals surface area contributed by atoms with Gasteiger partial charge in [0.1, 0.15) is 18.4 Å². The molecule has 1 aromatic rings. The highest BCUT2D eigenvalue weighted by Gasteiger charge is 2.02. The molecule has 0 unspecified atom stereocenters. The van der Waals surface area contributed by atoms with Crippen LogP contribution in [0.1, 0.15) is 5.56 Å². The summed E-state index contributed by atoms with van der Waals surface area (Å²) in [4.78, 5) is 0. The largest absolute Gasteiger partial charge is 0.488 e. The number of hydrogen-bond acceptors (Lipinski definition) is 2. The number of benzene rings is 1. The number of rotatable bonds is 3. The SMILES string of the molecule is C=CCOc1cc(Cl)ccc1C#N. The van der Waals surface area contributed by atoms with Crippen LogP contribution in [0.5, 0.6) is 5.75 Å². The average Bonchev–Trinajstić information content (AvgIpc) is 2.15. The molecule has 0 aliphatic rings. The van der Waals surface area contributed by atoms with Gasteiger partial charge in [0.15, 0.2) is 0 Å². The van der Waals surface area contributed by atoms with Crippen LogP contribution in [0.2, 0.25) is 5.02 Å². The first-order valence-corrected chi connectivity index (χ1v) is 4.09. The van der Waals surface area contributed by atoms with E-state index < -0.39 is 0 Å². The lowest BCUT2D eigenvalue weighted by Gasteiger charge is -2.04. The third kappa shape index (κ3) is 2.50. The van der Waals surface area contributed by atoms with E-state index in [4.69, 9.17) is 21.6 Å². The molecule has 0 spiro atoms. The molecule has 13 heavy (non-hydrogen) atoms. The van der Waals surface area contributed by atoms with E-state index in [1.807, 2.05) is 6.07 Å². The summed E-state index contributed by atoms with van der Waals surface area (Å²) in [7, 11) is 0. The highest BCUT2D eigenvalue weighted by molar-refractivity contribution is 6.30. The van der Waals surface area contributed by atoms with E-state index >= 15 is 0 Å². The maximum atomic E-state index is 8.71. The minimum atomic E-state index is 0.370. The van der Waals surface area contributed by atoms with Crippen LogP contribution in [-0.4, -0.2) is 6.61 Å². The van der Waals surface area contributed by atoms with Crippen molar-refractivity contribution in [1.82, 2.24) is 0 Å². The van der Waals surface area contributed by atoms with Crippen LogP contribution in [0.4, 0.5) is 0 Å². The van der Waals surface area contributed by atoms with E-state index in [0.717, 1.165) is 0 Å². The van der Waals surface area contributed by atoms with Crippen LogP contribution in [0, 0.1) is 11.3 Å². The maximum Gasteiger partial charge on any atom is 0.139 e. The van der Waals surface area contributed by atoms with E-state index in [9.17, 15) is 0 Å². The molecule has 0 amide bonds.